The first-order valence-electron chi connectivity index (χ1n) is 6.23. The van der Waals surface area contributed by atoms with E-state index in [-0.39, 0.29) is 5.28 Å². The molecule has 0 atom stereocenters. The molecule has 0 aliphatic carbocycles. The van der Waals surface area contributed by atoms with E-state index in [1.54, 1.807) is 6.33 Å². The Balaban J connectivity index is 1.90. The molecular weight excluding hydrogens is 312 g/mol. The van der Waals surface area contributed by atoms with Gasteiger partial charge in [0.15, 0.2) is 10.8 Å². The third-order valence-electron chi connectivity index (χ3n) is 2.50. The minimum absolute atomic E-state index is 0.140. The number of hydrogen-bond donors (Lipinski definition) is 2. The van der Waals surface area contributed by atoms with Crippen molar-refractivity contribution in [2.75, 3.05) is 11.9 Å². The average Bonchev–Trinajstić information content (AvgIpc) is 2.94. The lowest BCUT2D eigenvalue weighted by Crippen LogP contribution is -2.06. The van der Waals surface area contributed by atoms with E-state index in [0.29, 0.717) is 21.8 Å². The summed E-state index contributed by atoms with van der Waals surface area (Å²) < 4.78 is 0. The topological polar surface area (TPSA) is 105 Å². The Morgan fingerprint density at radius 3 is 3.00 bits per heavy atom. The van der Waals surface area contributed by atoms with Crippen LogP contribution in [0.1, 0.15) is 13.3 Å². The fourth-order valence-corrected chi connectivity index (χ4v) is 2.60. The van der Waals surface area contributed by atoms with Gasteiger partial charge in [0.05, 0.1) is 6.33 Å². The Kier molecular flexibility index (Phi) is 4.11. The largest absolute Gasteiger partial charge is 0.354 e. The lowest BCUT2D eigenvalue weighted by Gasteiger charge is -2.05. The highest BCUT2D eigenvalue weighted by atomic mass is 35.5. The lowest BCUT2D eigenvalue weighted by molar-refractivity contribution is 0.876. The quantitative estimate of drug-likeness (QED) is 0.688. The molecule has 0 saturated carbocycles. The van der Waals surface area contributed by atoms with Gasteiger partial charge < -0.3 is 10.3 Å². The molecule has 0 aliphatic rings. The number of rotatable bonds is 5. The normalized spacial score (nSPS) is 11.0. The SMILES string of the molecule is CCCNc1nc(Cl)nc(Sc2ncnc3nc[nH]c23)n1. The number of nitrogens with one attached hydrogen (secondary N) is 2. The maximum atomic E-state index is 5.92. The third kappa shape index (κ3) is 3.19. The fourth-order valence-electron chi connectivity index (χ4n) is 1.60. The van der Waals surface area contributed by atoms with Crippen molar-refractivity contribution in [1.82, 2.24) is 34.9 Å². The summed E-state index contributed by atoms with van der Waals surface area (Å²) in [6, 6.07) is 0. The first kappa shape index (κ1) is 14.0. The lowest BCUT2D eigenvalue weighted by atomic mass is 10.5. The molecule has 3 rings (SSSR count). The number of aromatic amines is 1. The van der Waals surface area contributed by atoms with Crippen LogP contribution >= 0.6 is 23.4 Å². The Labute approximate surface area is 129 Å². The van der Waals surface area contributed by atoms with Crippen LogP contribution in [0.15, 0.2) is 22.8 Å². The van der Waals surface area contributed by atoms with Crippen LogP contribution in [-0.2, 0) is 0 Å². The highest BCUT2D eigenvalue weighted by Gasteiger charge is 2.11. The molecule has 0 bridgehead atoms. The predicted octanol–water partition coefficient (Wildman–Crippen LogP) is 2.16. The van der Waals surface area contributed by atoms with Crippen LogP contribution in [0.4, 0.5) is 5.95 Å². The van der Waals surface area contributed by atoms with E-state index in [4.69, 9.17) is 11.6 Å². The summed E-state index contributed by atoms with van der Waals surface area (Å²) in [5.41, 5.74) is 1.33. The molecule has 0 saturated heterocycles. The minimum atomic E-state index is 0.140. The van der Waals surface area contributed by atoms with Gasteiger partial charge in [0.25, 0.3) is 0 Å². The molecule has 21 heavy (non-hydrogen) atoms. The molecular formula is C11H11ClN8S. The van der Waals surface area contributed by atoms with Gasteiger partial charge in [-0.1, -0.05) is 6.92 Å². The number of aromatic nitrogens is 7. The molecule has 3 aromatic heterocycles. The van der Waals surface area contributed by atoms with E-state index in [9.17, 15) is 0 Å². The number of H-pyrrole nitrogens is 1. The predicted molar refractivity (Wildman–Crippen MR) is 79.4 cm³/mol. The molecule has 3 aromatic rings. The van der Waals surface area contributed by atoms with Crippen LogP contribution in [0.25, 0.3) is 11.2 Å². The minimum Gasteiger partial charge on any atom is -0.354 e. The first-order chi connectivity index (χ1) is 10.3. The zero-order chi connectivity index (χ0) is 14.7. The van der Waals surface area contributed by atoms with E-state index in [0.717, 1.165) is 18.5 Å². The van der Waals surface area contributed by atoms with Crippen molar-refractivity contribution in [3.63, 3.8) is 0 Å². The molecule has 2 N–H and O–H groups in total. The first-order valence-corrected chi connectivity index (χ1v) is 7.43. The molecule has 0 fully saturated rings. The number of hydrogen-bond acceptors (Lipinski definition) is 8. The van der Waals surface area contributed by atoms with Crippen LogP contribution in [0.3, 0.4) is 0 Å². The van der Waals surface area contributed by atoms with Gasteiger partial charge in [-0.05, 0) is 29.8 Å². The van der Waals surface area contributed by atoms with Crippen molar-refractivity contribution >= 4 is 40.5 Å². The molecule has 0 radical (unpaired) electrons. The van der Waals surface area contributed by atoms with Crippen LogP contribution in [0.5, 0.6) is 0 Å². The van der Waals surface area contributed by atoms with Crippen LogP contribution in [0.2, 0.25) is 5.28 Å². The maximum Gasteiger partial charge on any atom is 0.228 e. The summed E-state index contributed by atoms with van der Waals surface area (Å²) in [6.45, 7) is 2.82. The number of fused-ring (bicyclic) bond motifs is 1. The van der Waals surface area contributed by atoms with Gasteiger partial charge in [0, 0.05) is 6.54 Å². The molecule has 3 heterocycles. The summed E-state index contributed by atoms with van der Waals surface area (Å²) in [7, 11) is 0. The Morgan fingerprint density at radius 1 is 1.24 bits per heavy atom. The third-order valence-corrected chi connectivity index (χ3v) is 3.53. The summed E-state index contributed by atoms with van der Waals surface area (Å²) in [5, 5.41) is 4.36. The van der Waals surface area contributed by atoms with E-state index < -0.39 is 0 Å². The summed E-state index contributed by atoms with van der Waals surface area (Å²) in [6.07, 6.45) is 3.98. The zero-order valence-corrected chi connectivity index (χ0v) is 12.6. The van der Waals surface area contributed by atoms with Gasteiger partial charge in [-0.25, -0.2) is 15.0 Å². The number of anilines is 1. The van der Waals surface area contributed by atoms with E-state index >= 15 is 0 Å². The average molecular weight is 323 g/mol. The van der Waals surface area contributed by atoms with Gasteiger partial charge in [-0.2, -0.15) is 15.0 Å². The van der Waals surface area contributed by atoms with Crippen LogP contribution in [-0.4, -0.2) is 41.4 Å². The molecule has 0 unspecified atom stereocenters. The van der Waals surface area contributed by atoms with Gasteiger partial charge in [0.2, 0.25) is 11.2 Å². The number of halogens is 1. The van der Waals surface area contributed by atoms with E-state index in [2.05, 4.69) is 47.1 Å². The van der Waals surface area contributed by atoms with Crippen molar-refractivity contribution < 1.29 is 0 Å². The molecule has 0 aliphatic heterocycles. The van der Waals surface area contributed by atoms with Gasteiger partial charge in [-0.15, -0.1) is 0 Å². The van der Waals surface area contributed by atoms with E-state index in [1.807, 2.05) is 0 Å². The molecule has 0 spiro atoms. The maximum absolute atomic E-state index is 5.92. The van der Waals surface area contributed by atoms with Gasteiger partial charge in [-0.3, -0.25) is 0 Å². The van der Waals surface area contributed by atoms with E-state index in [1.165, 1.54) is 18.1 Å². The number of nitrogens with zero attached hydrogens (tertiary/aromatic N) is 6. The van der Waals surface area contributed by atoms with Crippen molar-refractivity contribution in [3.8, 4) is 0 Å². The van der Waals surface area contributed by atoms with Crippen molar-refractivity contribution in [1.29, 1.82) is 0 Å². The zero-order valence-electron chi connectivity index (χ0n) is 11.0. The Bertz CT molecular complexity index is 761. The van der Waals surface area contributed by atoms with Crippen LogP contribution < -0.4 is 5.32 Å². The molecule has 108 valence electrons. The Hall–Kier alpha value is -2.00. The second-order valence-electron chi connectivity index (χ2n) is 4.02. The summed E-state index contributed by atoms with van der Waals surface area (Å²) in [5.74, 6) is 0.453. The molecule has 10 heteroatoms. The molecule has 0 aromatic carbocycles. The van der Waals surface area contributed by atoms with Crippen molar-refractivity contribution in [2.24, 2.45) is 0 Å². The fraction of sp³-hybridized carbons (Fsp3) is 0.273. The molecule has 0 amide bonds. The highest BCUT2D eigenvalue weighted by molar-refractivity contribution is 7.99. The second-order valence-corrected chi connectivity index (χ2v) is 5.31. The standard InChI is InChI=1S/C11H11ClN8S/c1-2-3-13-10-18-9(12)19-11(20-10)21-8-6-7(15-4-14-6)16-5-17-8/h4-5H,2-3H2,1H3,(H,13,18,19,20)(H,14,15,16,17). The summed E-state index contributed by atoms with van der Waals surface area (Å²) >= 11 is 7.20. The van der Waals surface area contributed by atoms with Crippen LogP contribution in [0, 0.1) is 0 Å². The second kappa shape index (κ2) is 6.19. The Morgan fingerprint density at radius 2 is 2.14 bits per heavy atom. The number of imidazole rings is 1. The molecule has 8 nitrogen and oxygen atoms in total. The summed E-state index contributed by atoms with van der Waals surface area (Å²) in [4.78, 5) is 27.8. The van der Waals surface area contributed by atoms with Crippen molar-refractivity contribution in [3.05, 3.63) is 17.9 Å². The van der Waals surface area contributed by atoms with Gasteiger partial charge in [0.1, 0.15) is 16.9 Å². The highest BCUT2D eigenvalue weighted by Crippen LogP contribution is 2.28. The van der Waals surface area contributed by atoms with Crippen molar-refractivity contribution in [2.45, 2.75) is 23.5 Å². The monoisotopic (exact) mass is 322 g/mol. The van der Waals surface area contributed by atoms with Gasteiger partial charge >= 0.3 is 0 Å². The smallest absolute Gasteiger partial charge is 0.228 e.